The molecule has 0 spiro atoms. The SMILES string of the molecule is CCNCc1cc(Cn2cccn2)on1. The van der Waals surface area contributed by atoms with Gasteiger partial charge in [0.15, 0.2) is 5.76 Å². The highest BCUT2D eigenvalue weighted by atomic mass is 16.5. The van der Waals surface area contributed by atoms with Gasteiger partial charge in [0.25, 0.3) is 0 Å². The van der Waals surface area contributed by atoms with Gasteiger partial charge in [0.05, 0.1) is 5.69 Å². The van der Waals surface area contributed by atoms with Gasteiger partial charge >= 0.3 is 0 Å². The largest absolute Gasteiger partial charge is 0.359 e. The van der Waals surface area contributed by atoms with Crippen LogP contribution in [-0.2, 0) is 13.1 Å². The van der Waals surface area contributed by atoms with E-state index in [4.69, 9.17) is 4.52 Å². The number of hydrogen-bond acceptors (Lipinski definition) is 4. The van der Waals surface area contributed by atoms with Crippen molar-refractivity contribution in [1.82, 2.24) is 20.3 Å². The van der Waals surface area contributed by atoms with Crippen LogP contribution in [0.2, 0.25) is 0 Å². The maximum Gasteiger partial charge on any atom is 0.158 e. The van der Waals surface area contributed by atoms with Crippen molar-refractivity contribution in [1.29, 1.82) is 0 Å². The molecule has 0 aliphatic rings. The van der Waals surface area contributed by atoms with Crippen LogP contribution in [0.1, 0.15) is 18.4 Å². The van der Waals surface area contributed by atoms with E-state index in [1.165, 1.54) is 0 Å². The highest BCUT2D eigenvalue weighted by molar-refractivity contribution is 5.05. The van der Waals surface area contributed by atoms with E-state index in [1.807, 2.05) is 18.3 Å². The van der Waals surface area contributed by atoms with E-state index in [-0.39, 0.29) is 0 Å². The van der Waals surface area contributed by atoms with E-state index >= 15 is 0 Å². The maximum atomic E-state index is 5.18. The third-order valence-corrected chi connectivity index (χ3v) is 2.04. The summed E-state index contributed by atoms with van der Waals surface area (Å²) in [5, 5.41) is 11.2. The predicted octanol–water partition coefficient (Wildman–Crippen LogP) is 1.03. The molecule has 5 heteroatoms. The lowest BCUT2D eigenvalue weighted by Gasteiger charge is -1.94. The Balaban J connectivity index is 1.95. The topological polar surface area (TPSA) is 55.9 Å². The van der Waals surface area contributed by atoms with Gasteiger partial charge in [-0.1, -0.05) is 12.1 Å². The fourth-order valence-electron chi connectivity index (χ4n) is 1.32. The maximum absolute atomic E-state index is 5.18. The number of hydrogen-bond donors (Lipinski definition) is 1. The van der Waals surface area contributed by atoms with Gasteiger partial charge in [0.1, 0.15) is 6.54 Å². The van der Waals surface area contributed by atoms with Gasteiger partial charge in [0.2, 0.25) is 0 Å². The van der Waals surface area contributed by atoms with Gasteiger partial charge in [-0.25, -0.2) is 0 Å². The monoisotopic (exact) mass is 206 g/mol. The molecular formula is C10H14N4O. The molecular weight excluding hydrogens is 192 g/mol. The smallest absolute Gasteiger partial charge is 0.158 e. The minimum absolute atomic E-state index is 0.631. The van der Waals surface area contributed by atoms with Gasteiger partial charge in [-0.2, -0.15) is 5.10 Å². The molecule has 0 aliphatic carbocycles. The van der Waals surface area contributed by atoms with Crippen LogP contribution in [0.4, 0.5) is 0 Å². The molecule has 15 heavy (non-hydrogen) atoms. The summed E-state index contributed by atoms with van der Waals surface area (Å²) in [4.78, 5) is 0. The third-order valence-electron chi connectivity index (χ3n) is 2.04. The van der Waals surface area contributed by atoms with Crippen molar-refractivity contribution in [3.63, 3.8) is 0 Å². The van der Waals surface area contributed by atoms with Gasteiger partial charge in [-0.3, -0.25) is 4.68 Å². The Morgan fingerprint density at radius 1 is 1.53 bits per heavy atom. The van der Waals surface area contributed by atoms with Crippen molar-refractivity contribution in [3.8, 4) is 0 Å². The Bertz CT molecular complexity index is 393. The van der Waals surface area contributed by atoms with Crippen molar-refractivity contribution in [2.45, 2.75) is 20.0 Å². The summed E-state index contributed by atoms with van der Waals surface area (Å²) in [7, 11) is 0. The van der Waals surface area contributed by atoms with Crippen molar-refractivity contribution in [2.75, 3.05) is 6.54 Å². The van der Waals surface area contributed by atoms with Crippen LogP contribution in [0, 0.1) is 0 Å². The second-order valence-electron chi connectivity index (χ2n) is 3.27. The zero-order chi connectivity index (χ0) is 10.5. The minimum Gasteiger partial charge on any atom is -0.359 e. The molecule has 0 unspecified atom stereocenters. The van der Waals surface area contributed by atoms with Crippen LogP contribution in [0.3, 0.4) is 0 Å². The Labute approximate surface area is 88.1 Å². The van der Waals surface area contributed by atoms with Gasteiger partial charge < -0.3 is 9.84 Å². The molecule has 5 nitrogen and oxygen atoms in total. The van der Waals surface area contributed by atoms with E-state index in [2.05, 4.69) is 22.5 Å². The first kappa shape index (κ1) is 9.92. The molecule has 0 aliphatic heterocycles. The molecule has 0 bridgehead atoms. The number of rotatable bonds is 5. The molecule has 1 N–H and O–H groups in total. The first-order chi connectivity index (χ1) is 7.38. The molecule has 0 amide bonds. The Kier molecular flexibility index (Phi) is 3.14. The van der Waals surface area contributed by atoms with Crippen LogP contribution < -0.4 is 5.32 Å². The normalized spacial score (nSPS) is 10.7. The number of nitrogens with zero attached hydrogens (tertiary/aromatic N) is 3. The molecule has 0 aromatic carbocycles. The highest BCUT2D eigenvalue weighted by Gasteiger charge is 2.04. The molecule has 0 saturated carbocycles. The average molecular weight is 206 g/mol. The first-order valence-electron chi connectivity index (χ1n) is 5.01. The Morgan fingerprint density at radius 3 is 3.20 bits per heavy atom. The van der Waals surface area contributed by atoms with E-state index in [0.717, 1.165) is 24.5 Å². The molecule has 2 heterocycles. The average Bonchev–Trinajstić information content (AvgIpc) is 2.87. The Morgan fingerprint density at radius 2 is 2.47 bits per heavy atom. The summed E-state index contributed by atoms with van der Waals surface area (Å²) in [5.41, 5.74) is 0.930. The summed E-state index contributed by atoms with van der Waals surface area (Å²) in [6, 6.07) is 3.83. The van der Waals surface area contributed by atoms with Gasteiger partial charge in [-0.05, 0) is 12.6 Å². The van der Waals surface area contributed by atoms with Crippen LogP contribution in [0.15, 0.2) is 29.0 Å². The first-order valence-corrected chi connectivity index (χ1v) is 5.01. The van der Waals surface area contributed by atoms with Crippen molar-refractivity contribution < 1.29 is 4.52 Å². The molecule has 0 fully saturated rings. The van der Waals surface area contributed by atoms with E-state index < -0.39 is 0 Å². The fraction of sp³-hybridized carbons (Fsp3) is 0.400. The second kappa shape index (κ2) is 4.75. The van der Waals surface area contributed by atoms with Crippen LogP contribution in [0.5, 0.6) is 0 Å². The molecule has 2 rings (SSSR count). The third kappa shape index (κ3) is 2.66. The van der Waals surface area contributed by atoms with Crippen molar-refractivity contribution in [3.05, 3.63) is 36.0 Å². The Hall–Kier alpha value is -1.62. The molecule has 0 radical (unpaired) electrons. The lowest BCUT2D eigenvalue weighted by Crippen LogP contribution is -2.11. The highest BCUT2D eigenvalue weighted by Crippen LogP contribution is 2.05. The summed E-state index contributed by atoms with van der Waals surface area (Å²) in [6.45, 7) is 4.37. The van der Waals surface area contributed by atoms with Crippen molar-refractivity contribution >= 4 is 0 Å². The van der Waals surface area contributed by atoms with Crippen LogP contribution >= 0.6 is 0 Å². The molecule has 2 aromatic rings. The number of nitrogens with one attached hydrogen (secondary N) is 1. The lowest BCUT2D eigenvalue weighted by atomic mass is 10.3. The van der Waals surface area contributed by atoms with Crippen LogP contribution in [-0.4, -0.2) is 21.5 Å². The van der Waals surface area contributed by atoms with E-state index in [9.17, 15) is 0 Å². The van der Waals surface area contributed by atoms with E-state index in [0.29, 0.717) is 6.54 Å². The summed E-state index contributed by atoms with van der Waals surface area (Å²) in [5.74, 6) is 0.826. The number of aromatic nitrogens is 3. The predicted molar refractivity (Wildman–Crippen MR) is 55.2 cm³/mol. The summed E-state index contributed by atoms with van der Waals surface area (Å²) in [6.07, 6.45) is 3.64. The zero-order valence-electron chi connectivity index (χ0n) is 8.68. The summed E-state index contributed by atoms with van der Waals surface area (Å²) < 4.78 is 6.99. The standard InChI is InChI=1S/C10H14N4O/c1-2-11-7-9-6-10(15-13-9)8-14-5-3-4-12-14/h3-6,11H,2,7-8H2,1H3. The van der Waals surface area contributed by atoms with Gasteiger partial charge in [-0.15, -0.1) is 0 Å². The lowest BCUT2D eigenvalue weighted by molar-refractivity contribution is 0.364. The van der Waals surface area contributed by atoms with Gasteiger partial charge in [0, 0.05) is 25.0 Å². The molecule has 80 valence electrons. The fourth-order valence-corrected chi connectivity index (χ4v) is 1.32. The minimum atomic E-state index is 0.631. The quantitative estimate of drug-likeness (QED) is 0.793. The van der Waals surface area contributed by atoms with Crippen molar-refractivity contribution in [2.24, 2.45) is 0 Å². The molecule has 0 saturated heterocycles. The van der Waals surface area contributed by atoms with E-state index in [1.54, 1.807) is 10.9 Å². The summed E-state index contributed by atoms with van der Waals surface area (Å²) >= 11 is 0. The zero-order valence-corrected chi connectivity index (χ0v) is 8.68. The second-order valence-corrected chi connectivity index (χ2v) is 3.27. The van der Waals surface area contributed by atoms with Crippen LogP contribution in [0.25, 0.3) is 0 Å². The molecule has 2 aromatic heterocycles. The molecule has 0 atom stereocenters.